The van der Waals surface area contributed by atoms with Crippen molar-refractivity contribution in [2.45, 2.75) is 47.6 Å². The van der Waals surface area contributed by atoms with Crippen molar-refractivity contribution in [1.29, 1.82) is 0 Å². The van der Waals surface area contributed by atoms with Gasteiger partial charge in [0.2, 0.25) is 5.91 Å². The largest absolute Gasteiger partial charge is 0.462 e. The first-order chi connectivity index (χ1) is 13.6. The molecule has 0 bridgehead atoms. The monoisotopic (exact) mass is 484 g/mol. The number of primary amides is 1. The maximum Gasteiger partial charge on any atom is 0.341 e. The number of rotatable bonds is 8. The summed E-state index contributed by atoms with van der Waals surface area (Å²) in [6.45, 7) is 9.67. The van der Waals surface area contributed by atoms with Gasteiger partial charge in [-0.25, -0.2) is 4.79 Å². The fourth-order valence-corrected chi connectivity index (χ4v) is 4.11. The summed E-state index contributed by atoms with van der Waals surface area (Å²) in [5, 5.41) is 7.45. The van der Waals surface area contributed by atoms with Crippen LogP contribution >= 0.6 is 27.3 Å². The van der Waals surface area contributed by atoms with Gasteiger partial charge in [-0.3, -0.25) is 14.3 Å². The Morgan fingerprint density at radius 1 is 1.31 bits per heavy atom. The van der Waals surface area contributed by atoms with E-state index in [4.69, 9.17) is 10.5 Å². The van der Waals surface area contributed by atoms with Crippen molar-refractivity contribution in [3.05, 3.63) is 31.9 Å². The Kier molecular flexibility index (Phi) is 7.59. The molecule has 0 aliphatic heterocycles. The molecule has 0 radical (unpaired) electrons. The summed E-state index contributed by atoms with van der Waals surface area (Å²) in [4.78, 5) is 37.2. The van der Waals surface area contributed by atoms with Crippen molar-refractivity contribution in [3.8, 4) is 0 Å². The van der Waals surface area contributed by atoms with Crippen LogP contribution in [0, 0.1) is 26.7 Å². The van der Waals surface area contributed by atoms with Gasteiger partial charge in [0.1, 0.15) is 5.00 Å². The van der Waals surface area contributed by atoms with Crippen LogP contribution in [0.3, 0.4) is 0 Å². The van der Waals surface area contributed by atoms with E-state index in [9.17, 15) is 14.4 Å². The predicted molar refractivity (Wildman–Crippen MR) is 115 cm³/mol. The molecule has 1 atom stereocenters. The second-order valence-electron chi connectivity index (χ2n) is 6.82. The molecule has 10 heteroatoms. The Morgan fingerprint density at radius 2 is 1.97 bits per heavy atom. The SMILES string of the molecule is CCCOC(=O)c1c(NC(=O)C(C)Cn2nc(C)c(Br)c2C)sc(C(N)=O)c1C. The number of carbonyl (C=O) groups excluding carboxylic acids is 3. The molecule has 2 amide bonds. The van der Waals surface area contributed by atoms with E-state index in [1.165, 1.54) is 0 Å². The Hall–Kier alpha value is -2.20. The van der Waals surface area contributed by atoms with Crippen molar-refractivity contribution in [3.63, 3.8) is 0 Å². The number of thiophene rings is 1. The first kappa shape index (κ1) is 23.1. The molecule has 2 aromatic heterocycles. The molecule has 29 heavy (non-hydrogen) atoms. The van der Waals surface area contributed by atoms with Gasteiger partial charge < -0.3 is 15.8 Å². The molecule has 0 saturated carbocycles. The van der Waals surface area contributed by atoms with Crippen LogP contribution < -0.4 is 11.1 Å². The van der Waals surface area contributed by atoms with E-state index in [-0.39, 0.29) is 28.0 Å². The Balaban J connectivity index is 2.25. The van der Waals surface area contributed by atoms with Crippen LogP contribution in [-0.4, -0.2) is 34.2 Å². The number of carbonyl (C=O) groups is 3. The van der Waals surface area contributed by atoms with E-state index in [0.29, 0.717) is 18.5 Å². The number of amides is 2. The summed E-state index contributed by atoms with van der Waals surface area (Å²) in [6.07, 6.45) is 0.661. The molecule has 0 aromatic carbocycles. The topological polar surface area (TPSA) is 116 Å². The lowest BCUT2D eigenvalue weighted by molar-refractivity contribution is -0.119. The van der Waals surface area contributed by atoms with Crippen molar-refractivity contribution >= 4 is 50.1 Å². The highest BCUT2D eigenvalue weighted by atomic mass is 79.9. The number of anilines is 1. The molecule has 0 aliphatic rings. The minimum Gasteiger partial charge on any atom is -0.462 e. The third-order valence-corrected chi connectivity index (χ3v) is 6.81. The third-order valence-electron chi connectivity index (χ3n) is 4.44. The standard InChI is InChI=1S/C19H25BrN4O4S/c1-6-7-28-19(27)13-10(3)15(16(21)25)29-18(13)22-17(26)9(2)8-24-12(5)14(20)11(4)23-24/h9H,6-8H2,1-5H3,(H2,21,25)(H,22,26). The normalized spacial score (nSPS) is 11.9. The number of aryl methyl sites for hydroxylation is 1. The average molecular weight is 485 g/mol. The highest BCUT2D eigenvalue weighted by Gasteiger charge is 2.27. The Bertz CT molecular complexity index is 951. The number of nitrogens with one attached hydrogen (secondary N) is 1. The summed E-state index contributed by atoms with van der Waals surface area (Å²) in [7, 11) is 0. The molecule has 0 aliphatic carbocycles. The van der Waals surface area contributed by atoms with Gasteiger partial charge in [-0.05, 0) is 48.7 Å². The van der Waals surface area contributed by atoms with Crippen molar-refractivity contribution in [1.82, 2.24) is 9.78 Å². The number of halogens is 1. The van der Waals surface area contributed by atoms with E-state index < -0.39 is 17.8 Å². The zero-order chi connectivity index (χ0) is 21.9. The first-order valence-corrected chi connectivity index (χ1v) is 10.8. The van der Waals surface area contributed by atoms with Gasteiger partial charge in [0.25, 0.3) is 5.91 Å². The molecule has 2 heterocycles. The summed E-state index contributed by atoms with van der Waals surface area (Å²) in [5.74, 6) is -1.97. The van der Waals surface area contributed by atoms with E-state index in [1.54, 1.807) is 18.5 Å². The number of hydrogen-bond donors (Lipinski definition) is 2. The lowest BCUT2D eigenvalue weighted by atomic mass is 10.1. The van der Waals surface area contributed by atoms with Crippen LogP contribution in [0.4, 0.5) is 5.00 Å². The number of ether oxygens (including phenoxy) is 1. The molecule has 2 rings (SSSR count). The third kappa shape index (κ3) is 5.05. The molecule has 0 fully saturated rings. The van der Waals surface area contributed by atoms with E-state index in [1.807, 2.05) is 20.8 Å². The second-order valence-corrected chi connectivity index (χ2v) is 8.63. The molecule has 8 nitrogen and oxygen atoms in total. The second kappa shape index (κ2) is 9.53. The minimum atomic E-state index is -0.655. The van der Waals surface area contributed by atoms with E-state index >= 15 is 0 Å². The lowest BCUT2D eigenvalue weighted by Gasteiger charge is -2.14. The number of aromatic nitrogens is 2. The molecule has 158 valence electrons. The molecule has 0 saturated heterocycles. The molecule has 2 aromatic rings. The highest BCUT2D eigenvalue weighted by Crippen LogP contribution is 2.34. The van der Waals surface area contributed by atoms with Crippen molar-refractivity contribution < 1.29 is 19.1 Å². The van der Waals surface area contributed by atoms with Gasteiger partial charge in [-0.15, -0.1) is 11.3 Å². The van der Waals surface area contributed by atoms with Gasteiger partial charge >= 0.3 is 5.97 Å². The Morgan fingerprint density at radius 3 is 2.48 bits per heavy atom. The summed E-state index contributed by atoms with van der Waals surface area (Å²) in [5.41, 5.74) is 7.77. The predicted octanol–water partition coefficient (Wildman–Crippen LogP) is 3.57. The van der Waals surface area contributed by atoms with Gasteiger partial charge in [-0.2, -0.15) is 5.10 Å². The van der Waals surface area contributed by atoms with Crippen LogP contribution in [0.1, 0.15) is 57.2 Å². The maximum absolute atomic E-state index is 12.8. The average Bonchev–Trinajstić information content (AvgIpc) is 3.11. The van der Waals surface area contributed by atoms with Gasteiger partial charge in [0.15, 0.2) is 0 Å². The minimum absolute atomic E-state index is 0.173. The fourth-order valence-electron chi connectivity index (χ4n) is 2.78. The Labute approximate surface area is 181 Å². The lowest BCUT2D eigenvalue weighted by Crippen LogP contribution is -2.25. The molecule has 0 spiro atoms. The number of esters is 1. The van der Waals surface area contributed by atoms with Crippen LogP contribution in [0.25, 0.3) is 0 Å². The van der Waals surface area contributed by atoms with Crippen LogP contribution in [-0.2, 0) is 16.1 Å². The van der Waals surface area contributed by atoms with Crippen LogP contribution in [0.2, 0.25) is 0 Å². The summed E-state index contributed by atoms with van der Waals surface area (Å²) >= 11 is 4.45. The fraction of sp³-hybridized carbons (Fsp3) is 0.474. The summed E-state index contributed by atoms with van der Waals surface area (Å²) < 4.78 is 7.87. The van der Waals surface area contributed by atoms with Crippen molar-refractivity contribution in [2.75, 3.05) is 11.9 Å². The van der Waals surface area contributed by atoms with E-state index in [0.717, 1.165) is 27.2 Å². The van der Waals surface area contributed by atoms with E-state index in [2.05, 4.69) is 26.3 Å². The molecular weight excluding hydrogens is 460 g/mol. The van der Waals surface area contributed by atoms with Gasteiger partial charge in [0, 0.05) is 5.69 Å². The maximum atomic E-state index is 12.8. The van der Waals surface area contributed by atoms with Crippen LogP contribution in [0.15, 0.2) is 4.47 Å². The molecule has 1 unspecified atom stereocenters. The smallest absolute Gasteiger partial charge is 0.341 e. The van der Waals surface area contributed by atoms with Crippen molar-refractivity contribution in [2.24, 2.45) is 11.7 Å². The number of hydrogen-bond acceptors (Lipinski definition) is 6. The molecule has 3 N–H and O–H groups in total. The van der Waals surface area contributed by atoms with Gasteiger partial charge in [0.05, 0.1) is 39.7 Å². The zero-order valence-electron chi connectivity index (χ0n) is 17.1. The number of nitrogens with two attached hydrogens (primary N) is 1. The zero-order valence-corrected chi connectivity index (χ0v) is 19.5. The molecular formula is C19H25BrN4O4S. The number of nitrogens with zero attached hydrogens (tertiary/aromatic N) is 2. The highest BCUT2D eigenvalue weighted by molar-refractivity contribution is 9.10. The van der Waals surface area contributed by atoms with Crippen LogP contribution in [0.5, 0.6) is 0 Å². The first-order valence-electron chi connectivity index (χ1n) is 9.19. The van der Waals surface area contributed by atoms with Gasteiger partial charge in [-0.1, -0.05) is 13.8 Å². The summed E-state index contributed by atoms with van der Waals surface area (Å²) in [6, 6.07) is 0. The quantitative estimate of drug-likeness (QED) is 0.555.